The van der Waals surface area contributed by atoms with Gasteiger partial charge in [0.1, 0.15) is 30.8 Å². The van der Waals surface area contributed by atoms with E-state index in [2.05, 4.69) is 0 Å². The molecule has 0 aliphatic heterocycles. The van der Waals surface area contributed by atoms with Crippen molar-refractivity contribution in [1.82, 2.24) is 4.90 Å². The van der Waals surface area contributed by atoms with Crippen LogP contribution < -0.4 is 9.47 Å². The van der Waals surface area contributed by atoms with Crippen molar-refractivity contribution < 1.29 is 24.4 Å². The van der Waals surface area contributed by atoms with Crippen LogP contribution in [-0.2, 0) is 0 Å². The van der Waals surface area contributed by atoms with Gasteiger partial charge in [0.25, 0.3) is 11.4 Å². The molecule has 0 radical (unpaired) electrons. The molecule has 10 nitrogen and oxygen atoms in total. The molecule has 0 heterocycles. The number of hydrogen-bond acceptors (Lipinski definition) is 8. The highest BCUT2D eigenvalue weighted by atomic mass is 16.6. The molecular weight excluding hydrogens is 394 g/mol. The number of hydrogen-bond donors (Lipinski definition) is 1. The van der Waals surface area contributed by atoms with Gasteiger partial charge in [-0.25, -0.2) is 0 Å². The molecule has 1 unspecified atom stereocenters. The van der Waals surface area contributed by atoms with Gasteiger partial charge in [-0.05, 0) is 38.1 Å². The molecule has 30 heavy (non-hydrogen) atoms. The number of nitrogens with zero attached hydrogens (tertiary/aromatic N) is 3. The van der Waals surface area contributed by atoms with Gasteiger partial charge in [-0.15, -0.1) is 0 Å². The Balaban J connectivity index is 1.78. The van der Waals surface area contributed by atoms with Crippen LogP contribution in [0.5, 0.6) is 11.5 Å². The van der Waals surface area contributed by atoms with Gasteiger partial charge < -0.3 is 14.6 Å². The van der Waals surface area contributed by atoms with Crippen molar-refractivity contribution in [2.24, 2.45) is 0 Å². The summed E-state index contributed by atoms with van der Waals surface area (Å²) in [5.41, 5.74) is -0.0239. The highest BCUT2D eigenvalue weighted by Gasteiger charge is 2.16. The lowest BCUT2D eigenvalue weighted by Gasteiger charge is -2.28. The van der Waals surface area contributed by atoms with Crippen LogP contribution in [0.1, 0.15) is 13.8 Å². The number of nitro benzene ring substituents is 2. The molecule has 1 N–H and O–H groups in total. The van der Waals surface area contributed by atoms with Crippen molar-refractivity contribution in [3.05, 3.63) is 68.8 Å². The molecule has 0 spiro atoms. The van der Waals surface area contributed by atoms with Crippen LogP contribution in [0, 0.1) is 20.2 Å². The lowest BCUT2D eigenvalue weighted by atomic mass is 10.2. The average Bonchev–Trinajstić information content (AvgIpc) is 2.72. The zero-order valence-electron chi connectivity index (χ0n) is 16.8. The van der Waals surface area contributed by atoms with Crippen LogP contribution in [0.4, 0.5) is 11.4 Å². The van der Waals surface area contributed by atoms with Crippen LogP contribution in [-0.4, -0.2) is 58.3 Å². The van der Waals surface area contributed by atoms with Gasteiger partial charge in [-0.3, -0.25) is 25.1 Å². The summed E-state index contributed by atoms with van der Waals surface area (Å²) in [5.74, 6) is 0.976. The Labute approximate surface area is 173 Å². The van der Waals surface area contributed by atoms with Gasteiger partial charge in [-0.2, -0.15) is 0 Å². The Morgan fingerprint density at radius 3 is 1.80 bits per heavy atom. The first kappa shape index (κ1) is 23.0. The molecule has 0 bridgehead atoms. The molecule has 1 atom stereocenters. The van der Waals surface area contributed by atoms with E-state index in [1.54, 1.807) is 12.1 Å². The summed E-state index contributed by atoms with van der Waals surface area (Å²) in [6.45, 7) is 5.29. The first-order valence-electron chi connectivity index (χ1n) is 9.43. The SMILES string of the molecule is CC(C)N(CCOc1ccc([N+](=O)[O-])cc1)CC(O)COc1ccc([N+](=O)[O-])cc1. The topological polar surface area (TPSA) is 128 Å². The summed E-state index contributed by atoms with van der Waals surface area (Å²) in [6, 6.07) is 11.7. The molecule has 162 valence electrons. The maximum absolute atomic E-state index is 10.7. The summed E-state index contributed by atoms with van der Waals surface area (Å²) in [5, 5.41) is 31.6. The Morgan fingerprint density at radius 2 is 1.37 bits per heavy atom. The first-order chi connectivity index (χ1) is 14.3. The second-order valence-corrected chi connectivity index (χ2v) is 6.90. The maximum Gasteiger partial charge on any atom is 0.269 e. The van der Waals surface area contributed by atoms with Gasteiger partial charge in [-0.1, -0.05) is 0 Å². The van der Waals surface area contributed by atoms with E-state index in [0.29, 0.717) is 31.2 Å². The quantitative estimate of drug-likeness (QED) is 0.411. The molecule has 0 saturated carbocycles. The van der Waals surface area contributed by atoms with Crippen molar-refractivity contribution in [3.8, 4) is 11.5 Å². The fraction of sp³-hybridized carbons (Fsp3) is 0.400. The van der Waals surface area contributed by atoms with Crippen LogP contribution >= 0.6 is 0 Å². The van der Waals surface area contributed by atoms with E-state index < -0.39 is 16.0 Å². The second kappa shape index (κ2) is 11.1. The fourth-order valence-corrected chi connectivity index (χ4v) is 2.69. The third-order valence-corrected chi connectivity index (χ3v) is 4.36. The lowest BCUT2D eigenvalue weighted by Crippen LogP contribution is -2.41. The molecule has 2 rings (SSSR count). The van der Waals surface area contributed by atoms with E-state index in [9.17, 15) is 25.3 Å². The number of nitro groups is 2. The van der Waals surface area contributed by atoms with E-state index >= 15 is 0 Å². The first-order valence-corrected chi connectivity index (χ1v) is 9.43. The van der Waals surface area contributed by atoms with Crippen molar-refractivity contribution >= 4 is 11.4 Å². The number of benzene rings is 2. The standard InChI is InChI=1S/C20H25N3O7/c1-15(2)21(11-12-29-19-7-3-16(4-8-19)22(25)26)13-18(24)14-30-20-9-5-17(6-10-20)23(27)28/h3-10,15,18,24H,11-14H2,1-2H3. The average molecular weight is 419 g/mol. The van der Waals surface area contributed by atoms with Gasteiger partial charge in [0.15, 0.2) is 0 Å². The molecule has 10 heteroatoms. The summed E-state index contributed by atoms with van der Waals surface area (Å²) in [4.78, 5) is 22.4. The molecule has 0 amide bonds. The Bertz CT molecular complexity index is 825. The maximum atomic E-state index is 10.7. The zero-order chi connectivity index (χ0) is 22.1. The third-order valence-electron chi connectivity index (χ3n) is 4.36. The predicted octanol–water partition coefficient (Wildman–Crippen LogP) is 3.03. The molecule has 0 fully saturated rings. The molecular formula is C20H25N3O7. The summed E-state index contributed by atoms with van der Waals surface area (Å²) < 4.78 is 11.1. The Morgan fingerprint density at radius 1 is 0.900 bits per heavy atom. The van der Waals surface area contributed by atoms with Crippen LogP contribution in [0.25, 0.3) is 0 Å². The van der Waals surface area contributed by atoms with Crippen molar-refractivity contribution in [1.29, 1.82) is 0 Å². The second-order valence-electron chi connectivity index (χ2n) is 6.90. The number of non-ortho nitro benzene ring substituents is 2. The van der Waals surface area contributed by atoms with Crippen molar-refractivity contribution in [2.75, 3.05) is 26.3 Å². The molecule has 2 aromatic rings. The predicted molar refractivity (Wildman–Crippen MR) is 110 cm³/mol. The summed E-state index contributed by atoms with van der Waals surface area (Å²) in [6.07, 6.45) is -0.762. The lowest BCUT2D eigenvalue weighted by molar-refractivity contribution is -0.385. The van der Waals surface area contributed by atoms with Crippen LogP contribution in [0.2, 0.25) is 0 Å². The Hall–Kier alpha value is -3.24. The Kier molecular flexibility index (Phi) is 8.51. The van der Waals surface area contributed by atoms with E-state index in [0.717, 1.165) is 0 Å². The van der Waals surface area contributed by atoms with E-state index in [1.165, 1.54) is 36.4 Å². The van der Waals surface area contributed by atoms with Crippen LogP contribution in [0.15, 0.2) is 48.5 Å². The highest BCUT2D eigenvalue weighted by molar-refractivity contribution is 5.36. The van der Waals surface area contributed by atoms with Crippen molar-refractivity contribution in [2.45, 2.75) is 26.0 Å². The van der Waals surface area contributed by atoms with Gasteiger partial charge in [0, 0.05) is 43.4 Å². The van der Waals surface area contributed by atoms with Gasteiger partial charge >= 0.3 is 0 Å². The fourth-order valence-electron chi connectivity index (χ4n) is 2.69. The molecule has 0 aromatic heterocycles. The molecule has 0 saturated heterocycles. The van der Waals surface area contributed by atoms with E-state index in [-0.39, 0.29) is 24.0 Å². The largest absolute Gasteiger partial charge is 0.492 e. The summed E-state index contributed by atoms with van der Waals surface area (Å²) >= 11 is 0. The number of aliphatic hydroxyl groups is 1. The monoisotopic (exact) mass is 419 g/mol. The highest BCUT2D eigenvalue weighted by Crippen LogP contribution is 2.18. The number of aliphatic hydroxyl groups excluding tert-OH is 1. The van der Waals surface area contributed by atoms with E-state index in [1.807, 2.05) is 18.7 Å². The minimum absolute atomic E-state index is 0.00213. The molecule has 0 aliphatic carbocycles. The van der Waals surface area contributed by atoms with Gasteiger partial charge in [0.05, 0.1) is 9.85 Å². The minimum atomic E-state index is -0.762. The third kappa shape index (κ3) is 7.30. The smallest absolute Gasteiger partial charge is 0.269 e. The van der Waals surface area contributed by atoms with Crippen LogP contribution in [0.3, 0.4) is 0 Å². The number of ether oxygens (including phenoxy) is 2. The summed E-state index contributed by atoms with van der Waals surface area (Å²) in [7, 11) is 0. The van der Waals surface area contributed by atoms with Crippen molar-refractivity contribution in [3.63, 3.8) is 0 Å². The van der Waals surface area contributed by atoms with Gasteiger partial charge in [0.2, 0.25) is 0 Å². The molecule has 2 aromatic carbocycles. The number of rotatable bonds is 12. The zero-order valence-corrected chi connectivity index (χ0v) is 16.8. The molecule has 0 aliphatic rings. The normalized spacial score (nSPS) is 12.0. The minimum Gasteiger partial charge on any atom is -0.492 e. The van der Waals surface area contributed by atoms with E-state index in [4.69, 9.17) is 9.47 Å².